The van der Waals surface area contributed by atoms with Crippen LogP contribution in [0.3, 0.4) is 0 Å². The maximum Gasteiger partial charge on any atom is 0.136 e. The van der Waals surface area contributed by atoms with E-state index in [9.17, 15) is 0 Å². The Bertz CT molecular complexity index is 1890. The number of benzene rings is 5. The van der Waals surface area contributed by atoms with Gasteiger partial charge < -0.3 is 4.90 Å². The van der Waals surface area contributed by atoms with Crippen LogP contribution in [-0.4, -0.2) is 4.98 Å². The van der Waals surface area contributed by atoms with Gasteiger partial charge >= 0.3 is 0 Å². The molecule has 1 aromatic heterocycles. The van der Waals surface area contributed by atoms with Crippen molar-refractivity contribution in [2.24, 2.45) is 0 Å². The van der Waals surface area contributed by atoms with Crippen molar-refractivity contribution in [2.75, 3.05) is 4.90 Å². The van der Waals surface area contributed by atoms with E-state index >= 15 is 0 Å². The van der Waals surface area contributed by atoms with Crippen LogP contribution in [0.1, 0.15) is 39.4 Å². The van der Waals surface area contributed by atoms with Crippen LogP contribution in [0.4, 0.5) is 5.82 Å². The number of anilines is 1. The first-order valence-electron chi connectivity index (χ1n) is 14.8. The van der Waals surface area contributed by atoms with E-state index in [1.807, 2.05) is 12.3 Å². The number of allylic oxidation sites excluding steroid dienone is 2. The molecule has 0 spiro atoms. The zero-order valence-corrected chi connectivity index (χ0v) is 24.1. The Balaban J connectivity index is 1.72. The van der Waals surface area contributed by atoms with Crippen LogP contribution in [0.25, 0.3) is 22.4 Å². The van der Waals surface area contributed by atoms with E-state index in [0.717, 1.165) is 22.6 Å². The predicted molar refractivity (Wildman–Crippen MR) is 180 cm³/mol. The van der Waals surface area contributed by atoms with Crippen LogP contribution in [0.2, 0.25) is 0 Å². The molecule has 7 rings (SSSR count). The molecule has 0 saturated heterocycles. The van der Waals surface area contributed by atoms with Crippen molar-refractivity contribution in [1.29, 1.82) is 0 Å². The van der Waals surface area contributed by atoms with E-state index in [0.29, 0.717) is 0 Å². The van der Waals surface area contributed by atoms with Gasteiger partial charge in [-0.2, -0.15) is 0 Å². The lowest BCUT2D eigenvalue weighted by Crippen LogP contribution is -2.34. The van der Waals surface area contributed by atoms with Crippen molar-refractivity contribution in [3.8, 4) is 0 Å². The largest absolute Gasteiger partial charge is 0.313 e. The number of pyridine rings is 1. The molecule has 5 aromatic carbocycles. The lowest BCUT2D eigenvalue weighted by Gasteiger charge is -2.44. The fraction of sp³-hybridized carbons (Fsp3) is 0.0488. The molecule has 1 unspecified atom stereocenters. The zero-order chi connectivity index (χ0) is 29.0. The van der Waals surface area contributed by atoms with Gasteiger partial charge in [-0.3, -0.25) is 0 Å². The van der Waals surface area contributed by atoms with Gasteiger partial charge in [-0.25, -0.2) is 4.98 Å². The molecule has 206 valence electrons. The summed E-state index contributed by atoms with van der Waals surface area (Å²) in [5, 5.41) is 0. The summed E-state index contributed by atoms with van der Waals surface area (Å²) in [5.41, 5.74) is 11.8. The number of aryl methyl sites for hydroxylation is 1. The Hall–Kier alpha value is -5.47. The molecule has 0 N–H and O–H groups in total. The second kappa shape index (κ2) is 11.8. The number of nitrogens with zero attached hydrogens (tertiary/aromatic N) is 2. The average molecular weight is 553 g/mol. The highest BCUT2D eigenvalue weighted by Gasteiger charge is 2.40. The molecule has 43 heavy (non-hydrogen) atoms. The first-order valence-corrected chi connectivity index (χ1v) is 14.8. The quantitative estimate of drug-likeness (QED) is 0.204. The van der Waals surface area contributed by atoms with Gasteiger partial charge in [0.05, 0.1) is 11.7 Å². The normalized spacial score (nSPS) is 15.1. The molecule has 0 radical (unpaired) electrons. The molecule has 0 saturated carbocycles. The molecule has 1 aliphatic heterocycles. The van der Waals surface area contributed by atoms with Crippen LogP contribution in [0.5, 0.6) is 0 Å². The van der Waals surface area contributed by atoms with Crippen LogP contribution < -0.4 is 4.90 Å². The number of aromatic nitrogens is 1. The second-order valence-electron chi connectivity index (χ2n) is 10.8. The molecule has 6 aromatic rings. The van der Waals surface area contributed by atoms with Crippen LogP contribution in [-0.2, 0) is 0 Å². The summed E-state index contributed by atoms with van der Waals surface area (Å²) in [6.45, 7) is 2.16. The summed E-state index contributed by atoms with van der Waals surface area (Å²) in [5.74, 6) is 0.948. The van der Waals surface area contributed by atoms with Crippen molar-refractivity contribution >= 4 is 28.2 Å². The average Bonchev–Trinajstić information content (AvgIpc) is 3.09. The maximum absolute atomic E-state index is 5.08. The van der Waals surface area contributed by atoms with Crippen molar-refractivity contribution in [2.45, 2.75) is 13.0 Å². The fourth-order valence-corrected chi connectivity index (χ4v) is 6.27. The van der Waals surface area contributed by atoms with Crippen LogP contribution in [0.15, 0.2) is 170 Å². The molecule has 2 heterocycles. The molecule has 2 heteroatoms. The molecule has 0 amide bonds. The van der Waals surface area contributed by atoms with Gasteiger partial charge in [0.2, 0.25) is 0 Å². The first-order chi connectivity index (χ1) is 21.3. The lowest BCUT2D eigenvalue weighted by atomic mass is 9.75. The van der Waals surface area contributed by atoms with E-state index in [1.165, 1.54) is 39.0 Å². The SMILES string of the molecule is Cc1cccnc1N1C(c2ccccc2)=C(c2ccccc2)C(c2ccccc2)=C(c2ccccc2)C1c1ccccc1. The number of rotatable bonds is 6. The van der Waals surface area contributed by atoms with E-state index < -0.39 is 0 Å². The van der Waals surface area contributed by atoms with Crippen LogP contribution >= 0.6 is 0 Å². The number of hydrogen-bond acceptors (Lipinski definition) is 2. The maximum atomic E-state index is 5.08. The fourth-order valence-electron chi connectivity index (χ4n) is 6.27. The van der Waals surface area contributed by atoms with Gasteiger partial charge in [0.15, 0.2) is 0 Å². The smallest absolute Gasteiger partial charge is 0.136 e. The van der Waals surface area contributed by atoms with Gasteiger partial charge in [0, 0.05) is 11.8 Å². The van der Waals surface area contributed by atoms with Gasteiger partial charge in [-0.1, -0.05) is 158 Å². The summed E-state index contributed by atoms with van der Waals surface area (Å²) >= 11 is 0. The highest BCUT2D eigenvalue weighted by Crippen LogP contribution is 2.55. The third-order valence-electron chi connectivity index (χ3n) is 8.11. The zero-order valence-electron chi connectivity index (χ0n) is 24.1. The Morgan fingerprint density at radius 1 is 0.465 bits per heavy atom. The highest BCUT2D eigenvalue weighted by atomic mass is 15.2. The minimum atomic E-state index is -0.143. The predicted octanol–water partition coefficient (Wildman–Crippen LogP) is 10.1. The second-order valence-corrected chi connectivity index (χ2v) is 10.8. The van der Waals surface area contributed by atoms with Crippen molar-refractivity contribution in [1.82, 2.24) is 4.98 Å². The van der Waals surface area contributed by atoms with Crippen molar-refractivity contribution < 1.29 is 0 Å². The monoisotopic (exact) mass is 552 g/mol. The summed E-state index contributed by atoms with van der Waals surface area (Å²) in [4.78, 5) is 7.56. The van der Waals surface area contributed by atoms with Crippen molar-refractivity contribution in [3.63, 3.8) is 0 Å². The summed E-state index contributed by atoms with van der Waals surface area (Å²) in [6, 6.07) is 58.3. The van der Waals surface area contributed by atoms with Gasteiger partial charge in [0.1, 0.15) is 5.82 Å². The number of hydrogen-bond donors (Lipinski definition) is 0. The molecule has 0 aliphatic carbocycles. The molecule has 2 nitrogen and oxygen atoms in total. The van der Waals surface area contributed by atoms with Crippen LogP contribution in [0, 0.1) is 6.92 Å². The van der Waals surface area contributed by atoms with Gasteiger partial charge in [0.25, 0.3) is 0 Å². The first kappa shape index (κ1) is 26.4. The minimum absolute atomic E-state index is 0.143. The van der Waals surface area contributed by atoms with E-state index in [2.05, 4.69) is 170 Å². The molecule has 0 bridgehead atoms. The Kier molecular flexibility index (Phi) is 7.25. The summed E-state index contributed by atoms with van der Waals surface area (Å²) in [7, 11) is 0. The molecular formula is C41H32N2. The highest BCUT2D eigenvalue weighted by molar-refractivity contribution is 6.26. The molecule has 0 fully saturated rings. The Labute approximate surface area is 254 Å². The molecule has 1 aliphatic rings. The van der Waals surface area contributed by atoms with Gasteiger partial charge in [-0.05, 0) is 57.5 Å². The van der Waals surface area contributed by atoms with Crippen molar-refractivity contribution in [3.05, 3.63) is 203 Å². The van der Waals surface area contributed by atoms with E-state index in [1.54, 1.807) is 0 Å². The standard InChI is InChI=1S/C41H32N2/c1-30-18-17-29-42-41(30)43-39(34-25-13-5-14-26-34)37(32-21-9-3-10-22-32)36(31-19-7-2-8-20-31)38(33-23-11-4-12-24-33)40(43)35-27-15-6-16-28-35/h2-29,39H,1H3. The van der Waals surface area contributed by atoms with E-state index in [4.69, 9.17) is 4.98 Å². The third kappa shape index (κ3) is 4.98. The summed E-state index contributed by atoms with van der Waals surface area (Å²) < 4.78 is 0. The third-order valence-corrected chi connectivity index (χ3v) is 8.11. The Morgan fingerprint density at radius 3 is 1.47 bits per heavy atom. The lowest BCUT2D eigenvalue weighted by molar-refractivity contribution is 0.850. The Morgan fingerprint density at radius 2 is 0.930 bits per heavy atom. The molecule has 1 atom stereocenters. The molecular weight excluding hydrogens is 520 g/mol. The van der Waals surface area contributed by atoms with E-state index in [-0.39, 0.29) is 6.04 Å². The summed E-state index contributed by atoms with van der Waals surface area (Å²) in [6.07, 6.45) is 1.91. The van der Waals surface area contributed by atoms with Gasteiger partial charge in [-0.15, -0.1) is 0 Å². The topological polar surface area (TPSA) is 16.1 Å². The minimum Gasteiger partial charge on any atom is -0.313 e.